The summed E-state index contributed by atoms with van der Waals surface area (Å²) >= 11 is 0. The molecule has 1 heterocycles. The van der Waals surface area contributed by atoms with Crippen LogP contribution in [0, 0.1) is 17.8 Å². The number of fused-ring (bicyclic) bond motifs is 1. The van der Waals surface area contributed by atoms with E-state index in [1.807, 2.05) is 12.2 Å². The van der Waals surface area contributed by atoms with Crippen LogP contribution in [0.3, 0.4) is 0 Å². The number of rotatable bonds is 10. The number of aliphatic hydroxyl groups is 1. The summed E-state index contributed by atoms with van der Waals surface area (Å²) in [5.41, 5.74) is 0. The zero-order chi connectivity index (χ0) is 19.8. The molecule has 6 atom stereocenters. The first-order valence-corrected chi connectivity index (χ1v) is 10.4. The lowest BCUT2D eigenvalue weighted by Gasteiger charge is -2.19. The predicted molar refractivity (Wildman–Crippen MR) is 104 cm³/mol. The van der Waals surface area contributed by atoms with E-state index < -0.39 is 12.3 Å². The maximum absolute atomic E-state index is 15.0. The first-order valence-electron chi connectivity index (χ1n) is 10.4. The van der Waals surface area contributed by atoms with E-state index >= 15 is 4.39 Å². The van der Waals surface area contributed by atoms with Crippen LogP contribution >= 0.6 is 0 Å². The molecule has 4 nitrogen and oxygen atoms in total. The molecular weight excluding hydrogens is 347 g/mol. The van der Waals surface area contributed by atoms with Gasteiger partial charge in [-0.25, -0.2) is 4.39 Å². The van der Waals surface area contributed by atoms with Crippen LogP contribution in [0.5, 0.6) is 0 Å². The van der Waals surface area contributed by atoms with Gasteiger partial charge in [-0.05, 0) is 43.6 Å². The SMILES string of the molecule is CCCCC[C@H](O)/C=C/[C@@H]1[C@H]2C(F)/C(=C/CCCC(=O)OC)O[C@@H]2C[C@H]1C. The second-order valence-corrected chi connectivity index (χ2v) is 7.95. The standard InChI is InChI=1S/C22H35FO4/c1-4-5-6-9-16(24)12-13-17-15(2)14-19-21(17)22(23)18(27-19)10-7-8-11-20(25)26-3/h10,12-13,15-17,19,21-22,24H,4-9,11,14H2,1-3H3/b13-12+,18-10-/t15-,16+,17+,19-,21-,22?/m1/s1. The molecule has 1 saturated carbocycles. The second-order valence-electron chi connectivity index (χ2n) is 7.95. The first kappa shape index (κ1) is 21.9. The topological polar surface area (TPSA) is 55.8 Å². The van der Waals surface area contributed by atoms with Crippen molar-refractivity contribution in [2.45, 2.75) is 83.6 Å². The molecule has 2 rings (SSSR count). The van der Waals surface area contributed by atoms with Crippen LogP contribution in [-0.2, 0) is 14.3 Å². The van der Waals surface area contributed by atoms with E-state index in [-0.39, 0.29) is 23.9 Å². The molecule has 1 aliphatic carbocycles. The summed E-state index contributed by atoms with van der Waals surface area (Å²) in [4.78, 5) is 11.1. The van der Waals surface area contributed by atoms with Gasteiger partial charge in [-0.3, -0.25) is 4.79 Å². The monoisotopic (exact) mass is 382 g/mol. The highest BCUT2D eigenvalue weighted by Gasteiger charge is 2.52. The lowest BCUT2D eigenvalue weighted by atomic mass is 9.86. The van der Waals surface area contributed by atoms with Crippen molar-refractivity contribution in [3.63, 3.8) is 0 Å². The fraction of sp³-hybridized carbons (Fsp3) is 0.773. The van der Waals surface area contributed by atoms with Gasteiger partial charge in [0.1, 0.15) is 11.9 Å². The Hall–Kier alpha value is -1.36. The van der Waals surface area contributed by atoms with Crippen LogP contribution in [0.1, 0.15) is 65.2 Å². The van der Waals surface area contributed by atoms with E-state index in [9.17, 15) is 9.90 Å². The fourth-order valence-electron chi connectivity index (χ4n) is 4.28. The Bertz CT molecular complexity index is 530. The smallest absolute Gasteiger partial charge is 0.305 e. The Morgan fingerprint density at radius 2 is 2.19 bits per heavy atom. The molecule has 0 aromatic rings. The minimum absolute atomic E-state index is 0.0891. The number of carbonyl (C=O) groups is 1. The number of hydrogen-bond acceptors (Lipinski definition) is 4. The van der Waals surface area contributed by atoms with Crippen LogP contribution in [-0.4, -0.2) is 36.6 Å². The molecule has 154 valence electrons. The maximum atomic E-state index is 15.0. The zero-order valence-electron chi connectivity index (χ0n) is 16.9. The summed E-state index contributed by atoms with van der Waals surface area (Å²) in [7, 11) is 1.37. The molecule has 1 unspecified atom stereocenters. The number of alkyl halides is 1. The van der Waals surface area contributed by atoms with Crippen molar-refractivity contribution in [2.75, 3.05) is 7.11 Å². The van der Waals surface area contributed by atoms with Crippen LogP contribution in [0.25, 0.3) is 0 Å². The van der Waals surface area contributed by atoms with Gasteiger partial charge in [-0.15, -0.1) is 0 Å². The Kier molecular flexibility index (Phi) is 8.81. The van der Waals surface area contributed by atoms with Crippen molar-refractivity contribution in [2.24, 2.45) is 17.8 Å². The van der Waals surface area contributed by atoms with E-state index in [1.165, 1.54) is 7.11 Å². The number of esters is 1. The molecule has 2 fully saturated rings. The lowest BCUT2D eigenvalue weighted by molar-refractivity contribution is -0.140. The highest BCUT2D eigenvalue weighted by molar-refractivity contribution is 5.69. The number of hydrogen-bond donors (Lipinski definition) is 1. The Morgan fingerprint density at radius 3 is 2.89 bits per heavy atom. The quantitative estimate of drug-likeness (QED) is 0.337. The first-order chi connectivity index (χ1) is 13.0. The number of ether oxygens (including phenoxy) is 2. The maximum Gasteiger partial charge on any atom is 0.305 e. The largest absolute Gasteiger partial charge is 0.492 e. The molecule has 2 aliphatic rings. The van der Waals surface area contributed by atoms with Crippen molar-refractivity contribution < 1.29 is 23.8 Å². The molecule has 1 aliphatic heterocycles. The molecule has 1 saturated heterocycles. The van der Waals surface area contributed by atoms with Gasteiger partial charge in [0.05, 0.1) is 13.2 Å². The molecule has 0 aromatic heterocycles. The summed E-state index contributed by atoms with van der Waals surface area (Å²) < 4.78 is 25.5. The average Bonchev–Trinajstić information content (AvgIpc) is 3.12. The molecule has 5 heteroatoms. The van der Waals surface area contributed by atoms with E-state index in [0.717, 1.165) is 32.1 Å². The molecule has 0 radical (unpaired) electrons. The van der Waals surface area contributed by atoms with Gasteiger partial charge in [-0.1, -0.05) is 45.3 Å². The van der Waals surface area contributed by atoms with E-state index in [0.29, 0.717) is 30.9 Å². The molecule has 0 bridgehead atoms. The summed E-state index contributed by atoms with van der Waals surface area (Å²) in [5, 5.41) is 10.1. The minimum Gasteiger partial charge on any atom is -0.492 e. The van der Waals surface area contributed by atoms with Crippen molar-refractivity contribution in [1.82, 2.24) is 0 Å². The fourth-order valence-corrected chi connectivity index (χ4v) is 4.28. The number of carbonyl (C=O) groups excluding carboxylic acids is 1. The third-order valence-electron chi connectivity index (χ3n) is 5.85. The average molecular weight is 383 g/mol. The second kappa shape index (κ2) is 10.8. The molecular formula is C22H35FO4. The van der Waals surface area contributed by atoms with Crippen LogP contribution < -0.4 is 0 Å². The molecule has 1 N–H and O–H groups in total. The Labute approximate surface area is 162 Å². The lowest BCUT2D eigenvalue weighted by Crippen LogP contribution is -2.22. The Morgan fingerprint density at radius 1 is 1.41 bits per heavy atom. The highest BCUT2D eigenvalue weighted by Crippen LogP contribution is 2.49. The van der Waals surface area contributed by atoms with Crippen LogP contribution in [0.15, 0.2) is 24.0 Å². The molecule has 27 heavy (non-hydrogen) atoms. The van der Waals surface area contributed by atoms with Gasteiger partial charge in [0.25, 0.3) is 0 Å². The van der Waals surface area contributed by atoms with Gasteiger partial charge >= 0.3 is 5.97 Å². The van der Waals surface area contributed by atoms with Gasteiger partial charge in [0.15, 0.2) is 6.17 Å². The summed E-state index contributed by atoms with van der Waals surface area (Å²) in [5.74, 6) is 0.436. The number of unbranched alkanes of at least 4 members (excludes halogenated alkanes) is 3. The molecule has 0 amide bonds. The number of aliphatic hydroxyl groups excluding tert-OH is 1. The number of allylic oxidation sites excluding steroid dienone is 3. The van der Waals surface area contributed by atoms with E-state index in [4.69, 9.17) is 4.74 Å². The van der Waals surface area contributed by atoms with Crippen molar-refractivity contribution in [3.05, 3.63) is 24.0 Å². The van der Waals surface area contributed by atoms with E-state index in [1.54, 1.807) is 6.08 Å². The van der Waals surface area contributed by atoms with Crippen LogP contribution in [0.2, 0.25) is 0 Å². The van der Waals surface area contributed by atoms with Gasteiger partial charge in [-0.2, -0.15) is 0 Å². The third kappa shape index (κ3) is 6.06. The van der Waals surface area contributed by atoms with Crippen molar-refractivity contribution >= 4 is 5.97 Å². The highest BCUT2D eigenvalue weighted by atomic mass is 19.1. The predicted octanol–water partition coefficient (Wildman–Crippen LogP) is 4.72. The third-order valence-corrected chi connectivity index (χ3v) is 5.85. The summed E-state index contributed by atoms with van der Waals surface area (Å²) in [6.45, 7) is 4.28. The zero-order valence-corrected chi connectivity index (χ0v) is 16.9. The summed E-state index contributed by atoms with van der Waals surface area (Å²) in [6.07, 6.45) is 10.5. The Balaban J connectivity index is 1.89. The normalized spacial score (nSPS) is 32.6. The van der Waals surface area contributed by atoms with Gasteiger partial charge in [0.2, 0.25) is 0 Å². The number of methoxy groups -OCH3 is 1. The van der Waals surface area contributed by atoms with Crippen LogP contribution in [0.4, 0.5) is 4.39 Å². The van der Waals surface area contributed by atoms with E-state index in [2.05, 4.69) is 18.6 Å². The molecule has 0 aromatic carbocycles. The van der Waals surface area contributed by atoms with Crippen molar-refractivity contribution in [3.8, 4) is 0 Å². The van der Waals surface area contributed by atoms with Gasteiger partial charge in [0, 0.05) is 12.3 Å². The summed E-state index contributed by atoms with van der Waals surface area (Å²) in [6, 6.07) is 0. The van der Waals surface area contributed by atoms with Crippen molar-refractivity contribution in [1.29, 1.82) is 0 Å². The van der Waals surface area contributed by atoms with Gasteiger partial charge < -0.3 is 14.6 Å². The molecule has 0 spiro atoms. The minimum atomic E-state index is -1.11. The number of halogens is 1.